The first kappa shape index (κ1) is 20.8. The molecular weight excluding hydrogens is 397 g/mol. The Hall–Kier alpha value is -3.94. The van der Waals surface area contributed by atoms with Gasteiger partial charge in [0.15, 0.2) is 23.2 Å². The van der Waals surface area contributed by atoms with Crippen LogP contribution in [0.2, 0.25) is 0 Å². The highest BCUT2D eigenvalue weighted by Crippen LogP contribution is 2.19. The van der Waals surface area contributed by atoms with E-state index >= 15 is 0 Å². The maximum Gasteiger partial charge on any atom is 0.251 e. The van der Waals surface area contributed by atoms with Crippen molar-refractivity contribution < 1.29 is 27.6 Å². The molecule has 152 valence electrons. The van der Waals surface area contributed by atoms with E-state index in [-0.39, 0.29) is 11.3 Å². The Morgan fingerprint density at radius 3 is 1.97 bits per heavy atom. The zero-order valence-electron chi connectivity index (χ0n) is 15.4. The Morgan fingerprint density at radius 2 is 1.30 bits per heavy atom. The topological polar surface area (TPSA) is 75.3 Å². The van der Waals surface area contributed by atoms with Gasteiger partial charge in [0.25, 0.3) is 5.91 Å². The second-order valence-corrected chi connectivity index (χ2v) is 6.23. The molecule has 0 saturated carbocycles. The summed E-state index contributed by atoms with van der Waals surface area (Å²) in [5.74, 6) is -6.25. The molecule has 0 aliphatic heterocycles. The molecule has 3 aromatic carbocycles. The standard InChI is InChI=1S/C22H15F3N2O3/c23-16-10-11-17(20(25)19(16)24)27-18(28)12-26-22(30)15-8-6-14(7-9-15)21(29)13-4-2-1-3-5-13/h1-11H,12H2,(H,26,30)(H,27,28). The van der Waals surface area contributed by atoms with E-state index < -0.39 is 41.5 Å². The summed E-state index contributed by atoms with van der Waals surface area (Å²) in [5, 5.41) is 4.37. The molecule has 0 unspecified atom stereocenters. The number of carbonyl (C=O) groups is 3. The fourth-order valence-corrected chi connectivity index (χ4v) is 2.61. The van der Waals surface area contributed by atoms with Crippen LogP contribution in [0, 0.1) is 17.5 Å². The summed E-state index contributed by atoms with van der Waals surface area (Å²) in [7, 11) is 0. The third-order valence-corrected chi connectivity index (χ3v) is 4.16. The van der Waals surface area contributed by atoms with Gasteiger partial charge >= 0.3 is 0 Å². The second kappa shape index (κ2) is 9.04. The number of hydrogen-bond donors (Lipinski definition) is 2. The number of carbonyl (C=O) groups excluding carboxylic acids is 3. The van der Waals surface area contributed by atoms with Crippen molar-refractivity contribution >= 4 is 23.3 Å². The minimum atomic E-state index is -1.71. The highest BCUT2D eigenvalue weighted by molar-refractivity contribution is 6.09. The predicted molar refractivity (Wildman–Crippen MR) is 104 cm³/mol. The Morgan fingerprint density at radius 1 is 0.700 bits per heavy atom. The van der Waals surface area contributed by atoms with Crippen molar-refractivity contribution in [2.24, 2.45) is 0 Å². The lowest BCUT2D eigenvalue weighted by Crippen LogP contribution is -2.33. The van der Waals surface area contributed by atoms with Gasteiger partial charge in [-0.05, 0) is 24.3 Å². The fourth-order valence-electron chi connectivity index (χ4n) is 2.61. The number of anilines is 1. The lowest BCUT2D eigenvalue weighted by Gasteiger charge is -2.09. The van der Waals surface area contributed by atoms with Gasteiger partial charge in [0, 0.05) is 16.7 Å². The number of halogens is 3. The van der Waals surface area contributed by atoms with Crippen LogP contribution in [0.1, 0.15) is 26.3 Å². The van der Waals surface area contributed by atoms with Crippen molar-refractivity contribution in [2.75, 3.05) is 11.9 Å². The Kier molecular flexibility index (Phi) is 6.26. The van der Waals surface area contributed by atoms with E-state index in [4.69, 9.17) is 0 Å². The molecule has 0 aliphatic carbocycles. The molecule has 0 bridgehead atoms. The van der Waals surface area contributed by atoms with Crippen LogP contribution in [0.25, 0.3) is 0 Å². The van der Waals surface area contributed by atoms with Crippen LogP contribution >= 0.6 is 0 Å². The van der Waals surface area contributed by atoms with Crippen molar-refractivity contribution in [1.29, 1.82) is 0 Å². The lowest BCUT2D eigenvalue weighted by molar-refractivity contribution is -0.115. The first-order chi connectivity index (χ1) is 14.4. The minimum Gasteiger partial charge on any atom is -0.343 e. The SMILES string of the molecule is O=C(CNC(=O)c1ccc(C(=O)c2ccccc2)cc1)Nc1ccc(F)c(F)c1F. The summed E-state index contributed by atoms with van der Waals surface area (Å²) < 4.78 is 39.7. The fraction of sp³-hybridized carbons (Fsp3) is 0.0455. The van der Waals surface area contributed by atoms with Gasteiger partial charge in [0.2, 0.25) is 5.91 Å². The molecule has 0 fully saturated rings. The van der Waals surface area contributed by atoms with Gasteiger partial charge in [0.1, 0.15) is 0 Å². The molecule has 5 nitrogen and oxygen atoms in total. The summed E-state index contributed by atoms with van der Waals surface area (Å²) in [4.78, 5) is 36.4. The van der Waals surface area contributed by atoms with Crippen LogP contribution < -0.4 is 10.6 Å². The summed E-state index contributed by atoms with van der Waals surface area (Å²) in [6, 6.07) is 16.0. The number of benzene rings is 3. The zero-order chi connectivity index (χ0) is 21.7. The highest BCUT2D eigenvalue weighted by atomic mass is 19.2. The van der Waals surface area contributed by atoms with Crippen LogP contribution in [0.5, 0.6) is 0 Å². The first-order valence-corrected chi connectivity index (χ1v) is 8.78. The number of amides is 2. The van der Waals surface area contributed by atoms with Gasteiger partial charge in [-0.2, -0.15) is 0 Å². The van der Waals surface area contributed by atoms with Crippen LogP contribution in [-0.4, -0.2) is 24.1 Å². The van der Waals surface area contributed by atoms with E-state index in [9.17, 15) is 27.6 Å². The van der Waals surface area contributed by atoms with Gasteiger partial charge in [-0.25, -0.2) is 13.2 Å². The largest absolute Gasteiger partial charge is 0.343 e. The summed E-state index contributed by atoms with van der Waals surface area (Å²) in [5.41, 5.74) is 0.559. The smallest absolute Gasteiger partial charge is 0.251 e. The molecule has 8 heteroatoms. The molecule has 0 saturated heterocycles. The van der Waals surface area contributed by atoms with Crippen molar-refractivity contribution in [2.45, 2.75) is 0 Å². The molecule has 2 amide bonds. The van der Waals surface area contributed by atoms with Crippen LogP contribution in [-0.2, 0) is 4.79 Å². The van der Waals surface area contributed by atoms with Crippen LogP contribution in [0.3, 0.4) is 0 Å². The van der Waals surface area contributed by atoms with E-state index in [1.54, 1.807) is 30.3 Å². The average molecular weight is 412 g/mol. The Bertz CT molecular complexity index is 1100. The molecule has 0 atom stereocenters. The molecule has 0 radical (unpaired) electrons. The van der Waals surface area contributed by atoms with E-state index in [1.807, 2.05) is 5.32 Å². The Labute approximate surface area is 169 Å². The molecular formula is C22H15F3N2O3. The van der Waals surface area contributed by atoms with Gasteiger partial charge in [0.05, 0.1) is 12.2 Å². The molecule has 3 aromatic rings. The molecule has 0 spiro atoms. The number of nitrogens with one attached hydrogen (secondary N) is 2. The van der Waals surface area contributed by atoms with Gasteiger partial charge < -0.3 is 10.6 Å². The second-order valence-electron chi connectivity index (χ2n) is 6.23. The summed E-state index contributed by atoms with van der Waals surface area (Å²) in [6.07, 6.45) is 0. The predicted octanol–water partition coefficient (Wildman–Crippen LogP) is 3.70. The summed E-state index contributed by atoms with van der Waals surface area (Å²) in [6.45, 7) is -0.526. The normalized spacial score (nSPS) is 10.4. The average Bonchev–Trinajstić information content (AvgIpc) is 2.78. The van der Waals surface area contributed by atoms with Crippen LogP contribution in [0.4, 0.5) is 18.9 Å². The summed E-state index contributed by atoms with van der Waals surface area (Å²) >= 11 is 0. The molecule has 0 aliphatic rings. The van der Waals surface area contributed by atoms with E-state index in [1.165, 1.54) is 24.3 Å². The monoisotopic (exact) mass is 412 g/mol. The molecule has 3 rings (SSSR count). The molecule has 0 aromatic heterocycles. The van der Waals surface area contributed by atoms with Crippen molar-refractivity contribution in [1.82, 2.24) is 5.32 Å². The lowest BCUT2D eigenvalue weighted by atomic mass is 10.0. The van der Waals surface area contributed by atoms with Gasteiger partial charge in [-0.1, -0.05) is 42.5 Å². The minimum absolute atomic E-state index is 0.199. The van der Waals surface area contributed by atoms with E-state index in [0.717, 1.165) is 6.07 Å². The van der Waals surface area contributed by atoms with E-state index in [2.05, 4.69) is 5.32 Å². The maximum atomic E-state index is 13.6. The Balaban J connectivity index is 1.58. The first-order valence-electron chi connectivity index (χ1n) is 8.78. The quantitative estimate of drug-likeness (QED) is 0.479. The van der Waals surface area contributed by atoms with Crippen molar-refractivity contribution in [3.63, 3.8) is 0 Å². The molecule has 0 heterocycles. The third-order valence-electron chi connectivity index (χ3n) is 4.16. The van der Waals surface area contributed by atoms with Crippen LogP contribution in [0.15, 0.2) is 66.7 Å². The maximum absolute atomic E-state index is 13.6. The highest BCUT2D eigenvalue weighted by Gasteiger charge is 2.16. The van der Waals surface area contributed by atoms with Crippen molar-refractivity contribution in [3.05, 3.63) is 101 Å². The van der Waals surface area contributed by atoms with E-state index in [0.29, 0.717) is 17.2 Å². The van der Waals surface area contributed by atoms with Gasteiger partial charge in [-0.15, -0.1) is 0 Å². The zero-order valence-corrected chi connectivity index (χ0v) is 15.4. The number of ketones is 1. The van der Waals surface area contributed by atoms with Gasteiger partial charge in [-0.3, -0.25) is 14.4 Å². The number of rotatable bonds is 6. The molecule has 30 heavy (non-hydrogen) atoms. The third kappa shape index (κ3) is 4.72. The number of hydrogen-bond acceptors (Lipinski definition) is 3. The van der Waals surface area contributed by atoms with Crippen molar-refractivity contribution in [3.8, 4) is 0 Å². The molecule has 2 N–H and O–H groups in total.